The van der Waals surface area contributed by atoms with Gasteiger partial charge in [-0.1, -0.05) is 163 Å². The second kappa shape index (κ2) is 52.9. The quantitative estimate of drug-likeness (QED) is 0.0163. The third kappa shape index (κ3) is 31.7. The first-order valence-corrected chi connectivity index (χ1v) is 46.6. The van der Waals surface area contributed by atoms with E-state index in [9.17, 15) is 63.0 Å². The van der Waals surface area contributed by atoms with Crippen molar-refractivity contribution in [1.82, 2.24) is 97.9 Å². The fourth-order valence-corrected chi connectivity index (χ4v) is 17.2. The minimum atomic E-state index is -1.87. The zero-order valence-electron chi connectivity index (χ0n) is 77.7. The van der Waals surface area contributed by atoms with E-state index in [0.29, 0.717) is 64.5 Å². The largest absolute Gasteiger partial charge is 0.394 e. The average Bonchev–Trinajstić information content (AvgIpc) is 1.50. The van der Waals surface area contributed by atoms with E-state index in [4.69, 9.17) is 22.6 Å². The smallest absolute Gasteiger partial charge is 0.246 e. The van der Waals surface area contributed by atoms with Gasteiger partial charge in [0.25, 0.3) is 0 Å². The highest BCUT2D eigenvalue weighted by Crippen LogP contribution is 2.32. The molecule has 135 heavy (non-hydrogen) atoms. The summed E-state index contributed by atoms with van der Waals surface area (Å²) in [7, 11) is 5.44. The van der Waals surface area contributed by atoms with Crippen LogP contribution in [-0.4, -0.2) is 307 Å². The molecule has 8 rings (SSSR count). The molecular formula is C93H131N23O18S. The van der Waals surface area contributed by atoms with E-state index in [2.05, 4.69) is 73.4 Å². The fourth-order valence-electron chi connectivity index (χ4n) is 16.4. The monoisotopic (exact) mass is 1890 g/mol. The van der Waals surface area contributed by atoms with Gasteiger partial charge in [-0.15, -0.1) is 11.8 Å². The van der Waals surface area contributed by atoms with E-state index < -0.39 is 229 Å². The van der Waals surface area contributed by atoms with Crippen molar-refractivity contribution in [2.24, 2.45) is 23.1 Å². The third-order valence-electron chi connectivity index (χ3n) is 23.8. The number of hydrogen-bond acceptors (Lipinski definition) is 22. The van der Waals surface area contributed by atoms with Crippen LogP contribution in [0.4, 0.5) is 0 Å². The molecule has 732 valence electrons. The predicted octanol–water partition coefficient (Wildman–Crippen LogP) is -1.24. The van der Waals surface area contributed by atoms with Crippen LogP contribution in [-0.2, 0) is 96.0 Å². The third-order valence-corrected chi connectivity index (χ3v) is 24.9. The van der Waals surface area contributed by atoms with Crippen molar-refractivity contribution >= 4 is 123 Å². The number of carbonyl (C=O) groups is 16. The van der Waals surface area contributed by atoms with Gasteiger partial charge in [-0.25, -0.2) is 4.98 Å². The highest BCUT2D eigenvalue weighted by molar-refractivity contribution is 8.00. The second-order valence-electron chi connectivity index (χ2n) is 34.5. The number of aliphatic hydroxyl groups excluding tert-OH is 2. The number of unbranched alkanes of at least 4 members (excludes halogenated alkanes) is 2. The van der Waals surface area contributed by atoms with Gasteiger partial charge >= 0.3 is 0 Å². The first-order valence-electron chi connectivity index (χ1n) is 45.4. The molecule has 0 aliphatic carbocycles. The molecule has 0 spiro atoms. The molecule has 22 N–H and O–H groups in total. The van der Waals surface area contributed by atoms with Crippen molar-refractivity contribution in [2.45, 2.75) is 222 Å². The molecule has 4 heterocycles. The van der Waals surface area contributed by atoms with Gasteiger partial charge in [-0.05, 0) is 93.2 Å². The number of hydrogen-bond donors (Lipinski definition) is 19. The van der Waals surface area contributed by atoms with Gasteiger partial charge in [-0.2, -0.15) is 0 Å². The number of imidazole rings is 1. The number of likely N-dealkylation sites (N-methyl/N-ethyl adjacent to an activating group) is 4. The Hall–Kier alpha value is -13.4. The maximum absolute atomic E-state index is 16.3. The molecule has 0 saturated carbocycles. The van der Waals surface area contributed by atoms with Crippen LogP contribution in [0, 0.1) is 11.3 Å². The number of nitrogens with zero attached hydrogens (tertiary/aromatic N) is 6. The molecule has 6 aromatic rings. The van der Waals surface area contributed by atoms with Crippen molar-refractivity contribution in [3.05, 3.63) is 162 Å². The SMILES string of the molecule is CCCCC1C(O)N(C)C(CCCC)C(=O)NC(CCCNC(=N)N)C(=O)N[C@H](C(=O)NCC(N)=O)CSCC(=O)NC(Cc2ccccc2)C(=O)N(C)C(C)C(=O)NC(CC(N)=O)C(=O)N2CCCC2C(=O)NC(Cc2cnc[nH]2)C(=O)NC(CC(C)C)C(=O)N(C)CC(=O)NC(Cc2c[nH]c3ccccc23)C(=O)N[C@@H](CO)C(=O)NC(C(c2ccccc2)c2ccccc2)C(=O)N1C. The number of guanidine groups is 1. The van der Waals surface area contributed by atoms with Crippen molar-refractivity contribution in [3.63, 3.8) is 0 Å². The van der Waals surface area contributed by atoms with Gasteiger partial charge in [0.15, 0.2) is 5.96 Å². The number of nitrogens with two attached hydrogens (primary N) is 3. The van der Waals surface area contributed by atoms with Crippen LogP contribution in [0.25, 0.3) is 10.9 Å². The molecule has 14 atom stereocenters. The molecular weight excluding hydrogens is 1760 g/mol. The summed E-state index contributed by atoms with van der Waals surface area (Å²) in [5.74, 6) is -17.3. The fraction of sp³-hybridized carbons (Fsp3) is 0.505. The molecule has 12 unspecified atom stereocenters. The van der Waals surface area contributed by atoms with Gasteiger partial charge in [0, 0.05) is 94.2 Å². The van der Waals surface area contributed by atoms with Crippen molar-refractivity contribution in [1.29, 1.82) is 5.41 Å². The maximum atomic E-state index is 16.3. The molecule has 0 radical (unpaired) electrons. The van der Waals surface area contributed by atoms with Crippen LogP contribution < -0.4 is 75.7 Å². The summed E-state index contributed by atoms with van der Waals surface area (Å²) in [5.41, 5.74) is 20.0. The lowest BCUT2D eigenvalue weighted by Crippen LogP contribution is -2.62. The first-order chi connectivity index (χ1) is 64.4. The van der Waals surface area contributed by atoms with E-state index in [-0.39, 0.29) is 83.2 Å². The lowest BCUT2D eigenvalue weighted by molar-refractivity contribution is -0.147. The molecule has 41 nitrogen and oxygen atoms in total. The number of carbonyl (C=O) groups excluding carboxylic acids is 16. The Kier molecular flexibility index (Phi) is 41.9. The normalized spacial score (nSPS) is 23.9. The van der Waals surface area contributed by atoms with Crippen LogP contribution in [0.1, 0.15) is 146 Å². The number of amides is 16. The van der Waals surface area contributed by atoms with Gasteiger partial charge in [0.2, 0.25) is 94.5 Å². The standard InChI is InChI=1S/C93H131N23O18S/c1-10-12-36-71-86(128)105-63(35-25-39-99-93(96)97)82(124)110-70(81(123)101-48-75(95)119)51-135-52-77(121)104-67(42-56-27-17-14-18-28-56)89(131)113(7)55(5)80(122)107-68(45-74(94)118)90(132)116-40-26-38-72(116)87(129)106-65(44-60-47-98-53-102-60)84(126)108-66(41-54(3)4)88(130)112(6)49-76(120)103-64(43-59-46-100-62-34-24-23-33-61(59)62)83(125)109-69(50-117)85(127)111-79(92(134)115(9)73(37-13-11-2)91(133)114(71)8)78(57-29-19-15-20-30-57)58-31-21-16-22-32-58/h14-24,27-34,46-47,53-55,63-73,78-79,91,100,117,133H,10-13,25-26,35-45,48-52H2,1-9H3,(H2,94,118)(H2,95,119)(H,98,102)(H,101,123)(H,103,120)(H,104,121)(H,105,128)(H,106,129)(H,107,122)(H,108,126)(H,109,125)(H,110,124)(H,111,127)(H4,96,97,99)/t55?,63?,64?,65?,66?,67?,68?,69-,70-,71?,72?,73?,79?,91?/m0/s1. The summed E-state index contributed by atoms with van der Waals surface area (Å²) >= 11 is 0.804. The number of thioether (sulfide) groups is 1. The van der Waals surface area contributed by atoms with Crippen LogP contribution in [0.3, 0.4) is 0 Å². The first kappa shape index (κ1) is 107. The van der Waals surface area contributed by atoms with E-state index >= 15 is 24.0 Å². The molecule has 4 aromatic carbocycles. The molecule has 2 fully saturated rings. The predicted molar refractivity (Wildman–Crippen MR) is 503 cm³/mol. The van der Waals surface area contributed by atoms with E-state index in [1.54, 1.807) is 135 Å². The topological polar surface area (TPSA) is 608 Å². The molecule has 42 heteroatoms. The van der Waals surface area contributed by atoms with Crippen LogP contribution in [0.15, 0.2) is 134 Å². The van der Waals surface area contributed by atoms with Gasteiger partial charge in [0.05, 0.1) is 50.3 Å². The van der Waals surface area contributed by atoms with Crippen molar-refractivity contribution in [2.75, 3.05) is 72.5 Å². The highest BCUT2D eigenvalue weighted by atomic mass is 32.2. The zero-order valence-corrected chi connectivity index (χ0v) is 78.6. The number of aromatic nitrogens is 3. The van der Waals surface area contributed by atoms with Crippen LogP contribution >= 0.6 is 11.8 Å². The second-order valence-corrected chi connectivity index (χ2v) is 35.5. The van der Waals surface area contributed by atoms with Gasteiger partial charge in [-0.3, -0.25) is 87.0 Å². The Morgan fingerprint density at radius 2 is 1.16 bits per heavy atom. The summed E-state index contributed by atoms with van der Waals surface area (Å²) in [4.78, 5) is 251. The van der Waals surface area contributed by atoms with Crippen molar-refractivity contribution in [3.8, 4) is 0 Å². The number of aromatic amines is 2. The Labute approximate surface area is 788 Å². The number of aliphatic hydroxyl groups is 2. The van der Waals surface area contributed by atoms with E-state index in [1.165, 1.54) is 57.4 Å². The Bertz CT molecular complexity index is 5000. The summed E-state index contributed by atoms with van der Waals surface area (Å²) in [6, 6.07) is 13.4. The van der Waals surface area contributed by atoms with Crippen molar-refractivity contribution < 1.29 is 86.9 Å². The Morgan fingerprint density at radius 3 is 1.78 bits per heavy atom. The summed E-state index contributed by atoms with van der Waals surface area (Å²) in [5, 5.41) is 62.4. The molecule has 0 bridgehead atoms. The van der Waals surface area contributed by atoms with Crippen LogP contribution in [0.2, 0.25) is 0 Å². The molecule has 2 saturated heterocycles. The average molecular weight is 1890 g/mol. The Morgan fingerprint density at radius 1 is 0.578 bits per heavy atom. The highest BCUT2D eigenvalue weighted by Gasteiger charge is 2.45. The molecule has 2 aromatic heterocycles. The van der Waals surface area contributed by atoms with Gasteiger partial charge in [0.1, 0.15) is 72.7 Å². The number of rotatable bonds is 27. The lowest BCUT2D eigenvalue weighted by Gasteiger charge is -2.41. The molecule has 2 aliphatic rings. The molecule has 16 amide bonds. The number of fused-ring (bicyclic) bond motifs is 2. The number of primary amides is 2. The molecule has 2 aliphatic heterocycles. The van der Waals surface area contributed by atoms with E-state index in [1.807, 2.05) is 13.8 Å². The summed E-state index contributed by atoms with van der Waals surface area (Å²) < 4.78 is 0. The summed E-state index contributed by atoms with van der Waals surface area (Å²) in [6.45, 7) is 6.00. The lowest BCUT2D eigenvalue weighted by atomic mass is 9.83. The Balaban J connectivity index is 1.21. The van der Waals surface area contributed by atoms with Gasteiger partial charge < -0.3 is 115 Å². The number of para-hydroxylation sites is 1. The number of nitrogens with one attached hydrogen (secondary N) is 14. The maximum Gasteiger partial charge on any atom is 0.246 e. The number of H-pyrrole nitrogens is 2. The van der Waals surface area contributed by atoms with E-state index in [0.717, 1.165) is 26.5 Å². The number of benzene rings is 4. The zero-order chi connectivity index (χ0) is 98.7. The minimum absolute atomic E-state index is 0.0107. The minimum Gasteiger partial charge on any atom is -0.394 e. The summed E-state index contributed by atoms with van der Waals surface area (Å²) in [6.07, 6.45) is 3.21. The van der Waals surface area contributed by atoms with Crippen LogP contribution in [0.5, 0.6) is 0 Å².